The van der Waals surface area contributed by atoms with Crippen LogP contribution in [0.3, 0.4) is 0 Å². The van der Waals surface area contributed by atoms with Crippen LogP contribution in [-0.4, -0.2) is 59.1 Å². The third kappa shape index (κ3) is 6.59. The second-order valence-corrected chi connectivity index (χ2v) is 11.6. The number of non-ortho nitro benzene ring substituents is 2. The molecule has 0 atom stereocenters. The van der Waals surface area contributed by atoms with Crippen LogP contribution in [0.5, 0.6) is 0 Å². The number of H-pyrrole nitrogens is 1. The molecule has 48 heavy (non-hydrogen) atoms. The van der Waals surface area contributed by atoms with Gasteiger partial charge >= 0.3 is 0 Å². The highest BCUT2D eigenvalue weighted by Crippen LogP contribution is 2.38. The molecule has 4 aromatic carbocycles. The van der Waals surface area contributed by atoms with Crippen LogP contribution in [0.25, 0.3) is 43.6 Å². The molecule has 0 fully saturated rings. The Morgan fingerprint density at radius 1 is 0.708 bits per heavy atom. The highest BCUT2D eigenvalue weighted by Gasteiger charge is 2.21. The number of aryl methyl sites for hydroxylation is 1. The molecule has 0 saturated carbocycles. The summed E-state index contributed by atoms with van der Waals surface area (Å²) in [6.45, 7) is 6.20. The summed E-state index contributed by atoms with van der Waals surface area (Å²) in [5.74, 6) is 0. The summed E-state index contributed by atoms with van der Waals surface area (Å²) in [5.41, 5.74) is 4.04. The number of anilines is 2. The lowest BCUT2D eigenvalue weighted by Gasteiger charge is -2.15. The number of nitro benzene ring substituents is 2. The van der Waals surface area contributed by atoms with Crippen molar-refractivity contribution in [3.8, 4) is 0 Å². The lowest BCUT2D eigenvalue weighted by Crippen LogP contribution is -2.29. The van der Waals surface area contributed by atoms with Crippen LogP contribution < -0.4 is 26.7 Å². The predicted octanol–water partition coefficient (Wildman–Crippen LogP) is 5.99. The van der Waals surface area contributed by atoms with E-state index in [-0.39, 0.29) is 32.6 Å². The molecule has 0 aliphatic carbocycles. The molecule has 246 valence electrons. The summed E-state index contributed by atoms with van der Waals surface area (Å²) in [5, 5.41) is 39.2. The Balaban J connectivity index is 0.960. The molecule has 0 radical (unpaired) electrons. The molecule has 6 aromatic rings. The Hall–Kier alpha value is -5.66. The Bertz CT molecular complexity index is 2220. The topological polar surface area (TPSA) is 180 Å². The minimum absolute atomic E-state index is 0.0409. The second-order valence-electron chi connectivity index (χ2n) is 11.6. The van der Waals surface area contributed by atoms with Crippen molar-refractivity contribution in [2.75, 3.05) is 49.9 Å². The monoisotopic (exact) mass is 648 g/mol. The quantitative estimate of drug-likeness (QED) is 0.0384. The Morgan fingerprint density at radius 2 is 1.35 bits per heavy atom. The highest BCUT2D eigenvalue weighted by atomic mass is 16.6. The number of para-hydroxylation sites is 2. The zero-order valence-electron chi connectivity index (χ0n) is 26.5. The SMILES string of the molecule is Cc1ccc([N+](=O)[O-])c2c(NCCCNCCNCCCNc3ccc([N+](=O)[O-])c4[nH]c5ccccc5c(=O)c34)c3ccccc3nc12. The van der Waals surface area contributed by atoms with Crippen molar-refractivity contribution in [1.82, 2.24) is 20.6 Å². The third-order valence-corrected chi connectivity index (χ3v) is 8.40. The van der Waals surface area contributed by atoms with Crippen molar-refractivity contribution in [3.63, 3.8) is 0 Å². The van der Waals surface area contributed by atoms with Gasteiger partial charge in [0.2, 0.25) is 0 Å². The number of rotatable bonds is 15. The lowest BCUT2D eigenvalue weighted by atomic mass is 10.0. The summed E-state index contributed by atoms with van der Waals surface area (Å²) < 4.78 is 0. The fourth-order valence-electron chi connectivity index (χ4n) is 6.05. The first kappa shape index (κ1) is 32.3. The minimum atomic E-state index is -0.482. The molecule has 0 spiro atoms. The van der Waals surface area contributed by atoms with Gasteiger partial charge in [0.25, 0.3) is 11.4 Å². The molecular weight excluding hydrogens is 612 g/mol. The van der Waals surface area contributed by atoms with Crippen molar-refractivity contribution < 1.29 is 9.85 Å². The Labute approximate surface area is 275 Å². The number of hydrogen-bond acceptors (Lipinski definition) is 10. The van der Waals surface area contributed by atoms with Crippen LogP contribution in [0.1, 0.15) is 18.4 Å². The maximum absolute atomic E-state index is 13.3. The third-order valence-electron chi connectivity index (χ3n) is 8.40. The maximum atomic E-state index is 13.3. The number of pyridine rings is 2. The highest BCUT2D eigenvalue weighted by molar-refractivity contribution is 6.12. The van der Waals surface area contributed by atoms with Crippen LogP contribution in [0, 0.1) is 27.2 Å². The maximum Gasteiger partial charge on any atom is 0.293 e. The largest absolute Gasteiger partial charge is 0.384 e. The zero-order valence-corrected chi connectivity index (χ0v) is 26.5. The summed E-state index contributed by atoms with van der Waals surface area (Å²) in [7, 11) is 0. The average molecular weight is 649 g/mol. The van der Waals surface area contributed by atoms with Gasteiger partial charge in [-0.1, -0.05) is 36.4 Å². The molecule has 0 bridgehead atoms. The van der Waals surface area contributed by atoms with Crippen molar-refractivity contribution in [2.45, 2.75) is 19.8 Å². The van der Waals surface area contributed by atoms with Gasteiger partial charge in [-0.05, 0) is 62.7 Å². The molecule has 2 aromatic heterocycles. The van der Waals surface area contributed by atoms with Crippen LogP contribution in [0.2, 0.25) is 0 Å². The van der Waals surface area contributed by atoms with Crippen LogP contribution in [0.15, 0.2) is 77.6 Å². The molecule has 5 N–H and O–H groups in total. The number of nitro groups is 2. The van der Waals surface area contributed by atoms with E-state index < -0.39 is 4.92 Å². The fourth-order valence-corrected chi connectivity index (χ4v) is 6.05. The molecule has 0 amide bonds. The van der Waals surface area contributed by atoms with Gasteiger partial charge in [-0.2, -0.15) is 0 Å². The fraction of sp³-hybridized carbons (Fsp3) is 0.257. The predicted molar refractivity (Wildman–Crippen MR) is 191 cm³/mol. The molecule has 0 aliphatic rings. The van der Waals surface area contributed by atoms with E-state index in [9.17, 15) is 25.0 Å². The number of aromatic nitrogens is 2. The number of hydrogen-bond donors (Lipinski definition) is 5. The van der Waals surface area contributed by atoms with Gasteiger partial charge in [-0.15, -0.1) is 0 Å². The van der Waals surface area contributed by atoms with Crippen molar-refractivity contribution in [3.05, 3.63) is 109 Å². The Morgan fingerprint density at radius 3 is 2.08 bits per heavy atom. The van der Waals surface area contributed by atoms with Gasteiger partial charge in [-0.25, -0.2) is 4.98 Å². The van der Waals surface area contributed by atoms with Gasteiger partial charge in [0.15, 0.2) is 5.43 Å². The first-order valence-corrected chi connectivity index (χ1v) is 15.9. The molecule has 0 unspecified atom stereocenters. The van der Waals surface area contributed by atoms with E-state index in [1.54, 1.807) is 42.5 Å². The number of nitrogens with zero attached hydrogens (tertiary/aromatic N) is 3. The number of nitrogens with one attached hydrogen (secondary N) is 5. The first-order chi connectivity index (χ1) is 23.3. The zero-order chi connectivity index (χ0) is 33.6. The van der Waals surface area contributed by atoms with Crippen LogP contribution in [0.4, 0.5) is 22.7 Å². The summed E-state index contributed by atoms with van der Waals surface area (Å²) in [4.78, 5) is 43.8. The van der Waals surface area contributed by atoms with Crippen LogP contribution in [-0.2, 0) is 0 Å². The number of benzene rings is 4. The second kappa shape index (κ2) is 14.4. The van der Waals surface area contributed by atoms with E-state index in [0.29, 0.717) is 40.6 Å². The molecular formula is C35H36N8O5. The molecule has 0 aliphatic heterocycles. The molecule has 13 heteroatoms. The van der Waals surface area contributed by atoms with Gasteiger partial charge < -0.3 is 26.3 Å². The van der Waals surface area contributed by atoms with Gasteiger partial charge in [0, 0.05) is 60.3 Å². The van der Waals surface area contributed by atoms with Crippen LogP contribution >= 0.6 is 0 Å². The van der Waals surface area contributed by atoms with E-state index in [1.807, 2.05) is 31.2 Å². The Kier molecular flexibility index (Phi) is 9.69. The normalized spacial score (nSPS) is 11.4. The van der Waals surface area contributed by atoms with Gasteiger partial charge in [-0.3, -0.25) is 25.0 Å². The van der Waals surface area contributed by atoms with Gasteiger partial charge in [0.05, 0.1) is 32.0 Å². The number of fused-ring (bicyclic) bond motifs is 4. The van der Waals surface area contributed by atoms with Crippen molar-refractivity contribution >= 4 is 66.4 Å². The summed E-state index contributed by atoms with van der Waals surface area (Å²) in [6.07, 6.45) is 1.60. The average Bonchev–Trinajstić information content (AvgIpc) is 3.08. The minimum Gasteiger partial charge on any atom is -0.384 e. The van der Waals surface area contributed by atoms with Crippen molar-refractivity contribution in [2.24, 2.45) is 0 Å². The van der Waals surface area contributed by atoms with E-state index in [1.165, 1.54) is 6.07 Å². The molecule has 13 nitrogen and oxygen atoms in total. The lowest BCUT2D eigenvalue weighted by molar-refractivity contribution is -0.383. The van der Waals surface area contributed by atoms with Gasteiger partial charge in [0.1, 0.15) is 10.9 Å². The smallest absolute Gasteiger partial charge is 0.293 e. The first-order valence-electron chi connectivity index (χ1n) is 15.9. The number of aromatic amines is 1. The molecule has 2 heterocycles. The van der Waals surface area contributed by atoms with E-state index in [0.717, 1.165) is 61.2 Å². The van der Waals surface area contributed by atoms with E-state index in [2.05, 4.69) is 26.3 Å². The summed E-state index contributed by atoms with van der Waals surface area (Å²) >= 11 is 0. The molecule has 6 rings (SSSR count). The van der Waals surface area contributed by atoms with E-state index in [4.69, 9.17) is 4.98 Å². The van der Waals surface area contributed by atoms with Crippen molar-refractivity contribution in [1.29, 1.82) is 0 Å². The van der Waals surface area contributed by atoms with E-state index >= 15 is 0 Å². The molecule has 0 saturated heterocycles. The summed E-state index contributed by atoms with van der Waals surface area (Å²) in [6, 6.07) is 21.0. The standard InChI is InChI=1S/C35H36N8O5/c1-22-12-14-28(42(45)46)31-32(22)40-25-10-4-2-8-23(25)33(31)39-19-7-17-37-21-20-36-16-6-18-38-27-13-15-29(43(47)48)34-30(27)35(44)24-9-3-5-11-26(24)41-34/h2-5,8-15,36-38H,6-7,16-21H2,1H3,(H,39,40)(H,41,44).